The minimum Gasteiger partial charge on any atom is -0.494 e. The van der Waals surface area contributed by atoms with Crippen LogP contribution in [0.25, 0.3) is 32.8 Å². The molecule has 0 aliphatic rings. The van der Waals surface area contributed by atoms with Gasteiger partial charge in [-0.15, -0.1) is 0 Å². The molecule has 0 bridgehead atoms. The molecule has 0 spiro atoms. The van der Waals surface area contributed by atoms with Gasteiger partial charge in [-0.2, -0.15) is 0 Å². The van der Waals surface area contributed by atoms with Crippen LogP contribution in [0.4, 0.5) is 0 Å². The van der Waals surface area contributed by atoms with Crippen LogP contribution >= 0.6 is 0 Å². The highest BCUT2D eigenvalue weighted by molar-refractivity contribution is 5.99. The molecule has 4 rings (SSSR count). The van der Waals surface area contributed by atoms with E-state index in [0.717, 1.165) is 45.3 Å². The predicted octanol–water partition coefficient (Wildman–Crippen LogP) is 4.31. The number of fused-ring (bicyclic) bond motifs is 2. The molecule has 4 heteroatoms. The monoisotopic (exact) mass is 330 g/mol. The zero-order valence-corrected chi connectivity index (χ0v) is 14.2. The van der Waals surface area contributed by atoms with Crippen molar-refractivity contribution in [1.29, 1.82) is 0 Å². The van der Waals surface area contributed by atoms with Crippen LogP contribution in [0.3, 0.4) is 0 Å². The van der Waals surface area contributed by atoms with E-state index in [4.69, 9.17) is 9.72 Å². The summed E-state index contributed by atoms with van der Waals surface area (Å²) in [6.07, 6.45) is 2.54. The summed E-state index contributed by atoms with van der Waals surface area (Å²) in [5, 5.41) is 2.63. The van der Waals surface area contributed by atoms with Gasteiger partial charge in [-0.3, -0.25) is 4.79 Å². The van der Waals surface area contributed by atoms with E-state index in [1.807, 2.05) is 42.5 Å². The number of pyridine rings is 2. The lowest BCUT2D eigenvalue weighted by atomic mass is 9.97. The van der Waals surface area contributed by atoms with Gasteiger partial charge >= 0.3 is 0 Å². The van der Waals surface area contributed by atoms with Crippen molar-refractivity contribution >= 4 is 21.7 Å². The number of hydrogen-bond donors (Lipinski definition) is 1. The standard InChI is InChI=1S/C21H18N2O2/c1-3-15-6-7-17-16(8-9-19(25-2)20(17)23-15)14-5-4-13-10-11-22-21(24)18(13)12-14/h4-12H,3H2,1-2H3,(H,22,24). The van der Waals surface area contributed by atoms with Crippen molar-refractivity contribution < 1.29 is 4.74 Å². The maximum Gasteiger partial charge on any atom is 0.255 e. The SMILES string of the molecule is CCc1ccc2c(-c3ccc4cc[nH]c(=O)c4c3)ccc(OC)c2n1. The lowest BCUT2D eigenvalue weighted by Gasteiger charge is -2.12. The van der Waals surface area contributed by atoms with Crippen molar-refractivity contribution in [2.24, 2.45) is 0 Å². The number of benzene rings is 2. The molecule has 4 nitrogen and oxygen atoms in total. The second kappa shape index (κ2) is 6.06. The Morgan fingerprint density at radius 3 is 2.72 bits per heavy atom. The van der Waals surface area contributed by atoms with E-state index in [-0.39, 0.29) is 5.56 Å². The van der Waals surface area contributed by atoms with Gasteiger partial charge in [-0.1, -0.05) is 25.1 Å². The average molecular weight is 330 g/mol. The summed E-state index contributed by atoms with van der Waals surface area (Å²) in [6, 6.07) is 15.9. The Morgan fingerprint density at radius 1 is 1.04 bits per heavy atom. The Labute approximate surface area is 145 Å². The van der Waals surface area contributed by atoms with Crippen LogP contribution in [0.5, 0.6) is 5.75 Å². The number of aryl methyl sites for hydroxylation is 1. The highest BCUT2D eigenvalue weighted by Gasteiger charge is 2.11. The fourth-order valence-corrected chi connectivity index (χ4v) is 3.20. The van der Waals surface area contributed by atoms with Crippen molar-refractivity contribution in [2.45, 2.75) is 13.3 Å². The summed E-state index contributed by atoms with van der Waals surface area (Å²) in [5.74, 6) is 0.757. The Kier molecular flexibility index (Phi) is 3.73. The molecule has 0 unspecified atom stereocenters. The molecular weight excluding hydrogens is 312 g/mol. The predicted molar refractivity (Wildman–Crippen MR) is 101 cm³/mol. The molecule has 2 aromatic carbocycles. The lowest BCUT2D eigenvalue weighted by molar-refractivity contribution is 0.419. The lowest BCUT2D eigenvalue weighted by Crippen LogP contribution is -2.04. The molecule has 0 saturated heterocycles. The minimum absolute atomic E-state index is 0.0800. The zero-order chi connectivity index (χ0) is 17.4. The third-order valence-electron chi connectivity index (χ3n) is 4.55. The summed E-state index contributed by atoms with van der Waals surface area (Å²) in [5.41, 5.74) is 3.82. The van der Waals surface area contributed by atoms with Gasteiger partial charge in [0.15, 0.2) is 0 Å². The molecule has 2 aromatic heterocycles. The van der Waals surface area contributed by atoms with Gasteiger partial charge in [0.2, 0.25) is 0 Å². The van der Waals surface area contributed by atoms with E-state index < -0.39 is 0 Å². The molecule has 0 aliphatic heterocycles. The number of methoxy groups -OCH3 is 1. The Morgan fingerprint density at radius 2 is 1.92 bits per heavy atom. The number of ether oxygens (including phenoxy) is 1. The van der Waals surface area contributed by atoms with E-state index in [1.54, 1.807) is 13.3 Å². The summed E-state index contributed by atoms with van der Waals surface area (Å²) in [7, 11) is 1.66. The van der Waals surface area contributed by atoms with Crippen LogP contribution in [0.2, 0.25) is 0 Å². The molecule has 0 fully saturated rings. The van der Waals surface area contributed by atoms with Crippen LogP contribution < -0.4 is 10.3 Å². The summed E-state index contributed by atoms with van der Waals surface area (Å²) in [6.45, 7) is 2.08. The number of aromatic amines is 1. The number of H-pyrrole nitrogens is 1. The van der Waals surface area contributed by atoms with Gasteiger partial charge < -0.3 is 9.72 Å². The van der Waals surface area contributed by atoms with Crippen LogP contribution in [0.1, 0.15) is 12.6 Å². The van der Waals surface area contributed by atoms with Crippen LogP contribution in [0.15, 0.2) is 59.5 Å². The average Bonchev–Trinajstić information content (AvgIpc) is 2.66. The molecule has 0 aliphatic carbocycles. The van der Waals surface area contributed by atoms with Gasteiger partial charge in [0.1, 0.15) is 11.3 Å². The van der Waals surface area contributed by atoms with Crippen molar-refractivity contribution in [3.8, 4) is 16.9 Å². The van der Waals surface area contributed by atoms with E-state index in [1.165, 1.54) is 0 Å². The normalized spacial score (nSPS) is 11.1. The zero-order valence-electron chi connectivity index (χ0n) is 14.2. The third-order valence-corrected chi connectivity index (χ3v) is 4.55. The van der Waals surface area contributed by atoms with Gasteiger partial charge in [0.25, 0.3) is 5.56 Å². The molecule has 0 saturated carbocycles. The molecule has 0 atom stereocenters. The summed E-state index contributed by atoms with van der Waals surface area (Å²) in [4.78, 5) is 19.6. The first-order valence-corrected chi connectivity index (χ1v) is 8.29. The van der Waals surface area contributed by atoms with Crippen molar-refractivity contribution in [2.75, 3.05) is 7.11 Å². The maximum atomic E-state index is 12.1. The first-order chi connectivity index (χ1) is 12.2. The van der Waals surface area contributed by atoms with Crippen molar-refractivity contribution in [1.82, 2.24) is 9.97 Å². The fraction of sp³-hybridized carbons (Fsp3) is 0.143. The molecular formula is C21H18N2O2. The van der Waals surface area contributed by atoms with E-state index in [0.29, 0.717) is 5.39 Å². The van der Waals surface area contributed by atoms with Crippen LogP contribution in [0, 0.1) is 0 Å². The molecule has 124 valence electrons. The summed E-state index contributed by atoms with van der Waals surface area (Å²) >= 11 is 0. The highest BCUT2D eigenvalue weighted by atomic mass is 16.5. The molecule has 0 amide bonds. The van der Waals surface area contributed by atoms with E-state index in [9.17, 15) is 4.79 Å². The Bertz CT molecular complexity index is 1150. The number of rotatable bonds is 3. The molecule has 1 N–H and O–H groups in total. The Hall–Kier alpha value is -3.14. The first kappa shape index (κ1) is 15.4. The van der Waals surface area contributed by atoms with Gasteiger partial charge in [-0.05, 0) is 53.3 Å². The first-order valence-electron chi connectivity index (χ1n) is 8.29. The van der Waals surface area contributed by atoms with E-state index in [2.05, 4.69) is 18.0 Å². The van der Waals surface area contributed by atoms with Crippen LogP contribution in [-0.4, -0.2) is 17.1 Å². The third kappa shape index (κ3) is 2.56. The van der Waals surface area contributed by atoms with Gasteiger partial charge in [0.05, 0.1) is 7.11 Å². The van der Waals surface area contributed by atoms with E-state index >= 15 is 0 Å². The fourth-order valence-electron chi connectivity index (χ4n) is 3.20. The molecule has 2 heterocycles. The number of nitrogens with zero attached hydrogens (tertiary/aromatic N) is 1. The van der Waals surface area contributed by atoms with Crippen molar-refractivity contribution in [3.05, 3.63) is 70.8 Å². The van der Waals surface area contributed by atoms with Gasteiger partial charge in [-0.25, -0.2) is 4.98 Å². The second-order valence-corrected chi connectivity index (χ2v) is 5.98. The minimum atomic E-state index is -0.0800. The number of aromatic nitrogens is 2. The molecule has 0 radical (unpaired) electrons. The Balaban J connectivity index is 2.01. The van der Waals surface area contributed by atoms with Crippen molar-refractivity contribution in [3.63, 3.8) is 0 Å². The smallest absolute Gasteiger partial charge is 0.255 e. The highest BCUT2D eigenvalue weighted by Crippen LogP contribution is 2.34. The molecule has 25 heavy (non-hydrogen) atoms. The summed E-state index contributed by atoms with van der Waals surface area (Å²) < 4.78 is 5.49. The number of hydrogen-bond acceptors (Lipinski definition) is 3. The second-order valence-electron chi connectivity index (χ2n) is 5.98. The topological polar surface area (TPSA) is 55.0 Å². The van der Waals surface area contributed by atoms with Gasteiger partial charge in [0, 0.05) is 22.7 Å². The molecule has 4 aromatic rings. The largest absolute Gasteiger partial charge is 0.494 e. The van der Waals surface area contributed by atoms with Crippen LogP contribution in [-0.2, 0) is 6.42 Å². The number of nitrogens with one attached hydrogen (secondary N) is 1. The quantitative estimate of drug-likeness (QED) is 0.609. The maximum absolute atomic E-state index is 12.1.